The molecule has 124 valence electrons. The minimum Gasteiger partial charge on any atom is -0.341 e. The third-order valence-electron chi connectivity index (χ3n) is 4.02. The number of pyridine rings is 1. The lowest BCUT2D eigenvalue weighted by Gasteiger charge is -2.26. The van der Waals surface area contributed by atoms with Crippen molar-refractivity contribution >= 4 is 33.2 Å². The summed E-state index contributed by atoms with van der Waals surface area (Å²) in [4.78, 5) is 14.1. The number of aromatic nitrogens is 3. The molecule has 0 aliphatic carbocycles. The molecule has 0 saturated carbocycles. The molecule has 0 radical (unpaired) electrons. The van der Waals surface area contributed by atoms with Crippen molar-refractivity contribution in [2.45, 2.75) is 29.8 Å². The third-order valence-corrected chi connectivity index (χ3v) is 6.81. The van der Waals surface area contributed by atoms with Gasteiger partial charge in [0.15, 0.2) is 20.6 Å². The SMILES string of the molecule is C[C@@H](Sc1nnc2ccccn12)C(=O)N(C)[C@H]1CCS(=O)(=O)C1. The molecule has 1 saturated heterocycles. The standard InChI is InChI=1S/C14H18N4O3S2/c1-10(13(19)17(2)11-6-8-23(20,21)9-11)22-14-16-15-12-5-3-4-7-18(12)14/h3-5,7,10-11H,6,8-9H2,1-2H3/t10-,11+/m1/s1. The first-order valence-electron chi connectivity index (χ1n) is 7.31. The number of rotatable bonds is 4. The number of fused-ring (bicyclic) bond motifs is 1. The second-order valence-corrected chi connectivity index (χ2v) is 9.21. The lowest BCUT2D eigenvalue weighted by Crippen LogP contribution is -2.41. The van der Waals surface area contributed by atoms with E-state index >= 15 is 0 Å². The molecule has 0 aromatic carbocycles. The molecule has 23 heavy (non-hydrogen) atoms. The molecule has 1 aliphatic heterocycles. The largest absolute Gasteiger partial charge is 0.341 e. The van der Waals surface area contributed by atoms with E-state index in [-0.39, 0.29) is 28.7 Å². The van der Waals surface area contributed by atoms with Gasteiger partial charge in [-0.2, -0.15) is 0 Å². The van der Waals surface area contributed by atoms with E-state index in [1.807, 2.05) is 28.8 Å². The highest BCUT2D eigenvalue weighted by atomic mass is 32.2. The van der Waals surface area contributed by atoms with Crippen LogP contribution in [-0.4, -0.2) is 63.7 Å². The smallest absolute Gasteiger partial charge is 0.235 e. The van der Waals surface area contributed by atoms with Gasteiger partial charge in [-0.25, -0.2) is 8.42 Å². The second-order valence-electron chi connectivity index (χ2n) is 5.68. The number of carbonyl (C=O) groups is 1. The highest BCUT2D eigenvalue weighted by Crippen LogP contribution is 2.25. The second kappa shape index (κ2) is 6.12. The maximum atomic E-state index is 12.6. The van der Waals surface area contributed by atoms with E-state index in [2.05, 4.69) is 10.2 Å². The van der Waals surface area contributed by atoms with Crippen molar-refractivity contribution in [1.29, 1.82) is 0 Å². The number of carbonyl (C=O) groups excluding carboxylic acids is 1. The molecule has 0 bridgehead atoms. The van der Waals surface area contributed by atoms with Crippen LogP contribution in [0.5, 0.6) is 0 Å². The van der Waals surface area contributed by atoms with E-state index < -0.39 is 9.84 Å². The van der Waals surface area contributed by atoms with Gasteiger partial charge < -0.3 is 4.90 Å². The van der Waals surface area contributed by atoms with Gasteiger partial charge in [-0.15, -0.1) is 10.2 Å². The molecular formula is C14H18N4O3S2. The molecule has 0 spiro atoms. The Morgan fingerprint density at radius 2 is 2.22 bits per heavy atom. The zero-order valence-electron chi connectivity index (χ0n) is 12.9. The molecule has 1 aliphatic rings. The van der Waals surface area contributed by atoms with Crippen molar-refractivity contribution < 1.29 is 13.2 Å². The summed E-state index contributed by atoms with van der Waals surface area (Å²) in [6, 6.07) is 5.37. The molecule has 1 amide bonds. The Hall–Kier alpha value is -1.61. The zero-order chi connectivity index (χ0) is 16.6. The summed E-state index contributed by atoms with van der Waals surface area (Å²) in [5.74, 6) is 0.122. The first kappa shape index (κ1) is 16.3. The predicted octanol–water partition coefficient (Wildman–Crippen LogP) is 0.855. The average Bonchev–Trinajstić information content (AvgIpc) is 3.09. The van der Waals surface area contributed by atoms with E-state index in [9.17, 15) is 13.2 Å². The van der Waals surface area contributed by atoms with Crippen LogP contribution in [0.2, 0.25) is 0 Å². The molecule has 2 aromatic heterocycles. The Bertz CT molecular complexity index is 833. The van der Waals surface area contributed by atoms with Crippen LogP contribution in [0.25, 0.3) is 5.65 Å². The van der Waals surface area contributed by atoms with Crippen LogP contribution in [-0.2, 0) is 14.6 Å². The van der Waals surface area contributed by atoms with Gasteiger partial charge >= 0.3 is 0 Å². The van der Waals surface area contributed by atoms with Gasteiger partial charge in [0.1, 0.15) is 0 Å². The van der Waals surface area contributed by atoms with E-state index in [1.54, 1.807) is 18.9 Å². The molecule has 9 heteroatoms. The quantitative estimate of drug-likeness (QED) is 0.757. The van der Waals surface area contributed by atoms with Crippen molar-refractivity contribution in [3.63, 3.8) is 0 Å². The number of sulfone groups is 1. The number of amides is 1. The van der Waals surface area contributed by atoms with Gasteiger partial charge in [0, 0.05) is 19.3 Å². The van der Waals surface area contributed by atoms with Crippen LogP contribution >= 0.6 is 11.8 Å². The maximum absolute atomic E-state index is 12.6. The molecule has 3 rings (SSSR count). The summed E-state index contributed by atoms with van der Waals surface area (Å²) in [6.45, 7) is 1.80. The molecule has 2 aromatic rings. The Morgan fingerprint density at radius 1 is 1.43 bits per heavy atom. The minimum atomic E-state index is -3.01. The van der Waals surface area contributed by atoms with Crippen LogP contribution < -0.4 is 0 Å². The van der Waals surface area contributed by atoms with E-state index in [0.717, 1.165) is 5.65 Å². The Morgan fingerprint density at radius 3 is 2.91 bits per heavy atom. The fourth-order valence-electron chi connectivity index (χ4n) is 2.66. The lowest BCUT2D eigenvalue weighted by molar-refractivity contribution is -0.130. The zero-order valence-corrected chi connectivity index (χ0v) is 14.5. The monoisotopic (exact) mass is 354 g/mol. The van der Waals surface area contributed by atoms with Crippen molar-refractivity contribution in [3.8, 4) is 0 Å². The molecule has 3 heterocycles. The summed E-state index contributed by atoms with van der Waals surface area (Å²) >= 11 is 1.32. The van der Waals surface area contributed by atoms with Crippen LogP contribution in [0.1, 0.15) is 13.3 Å². The highest BCUT2D eigenvalue weighted by Gasteiger charge is 2.34. The van der Waals surface area contributed by atoms with Crippen LogP contribution in [0.15, 0.2) is 29.6 Å². The maximum Gasteiger partial charge on any atom is 0.235 e. The Balaban J connectivity index is 1.70. The predicted molar refractivity (Wildman–Crippen MR) is 88.1 cm³/mol. The van der Waals surface area contributed by atoms with Gasteiger partial charge in [0.2, 0.25) is 5.91 Å². The molecule has 7 nitrogen and oxygen atoms in total. The molecule has 0 unspecified atom stereocenters. The molecule has 1 fully saturated rings. The average molecular weight is 354 g/mol. The van der Waals surface area contributed by atoms with E-state index in [4.69, 9.17) is 0 Å². The highest BCUT2D eigenvalue weighted by molar-refractivity contribution is 8.00. The molecule has 0 N–H and O–H groups in total. The topological polar surface area (TPSA) is 84.6 Å². The first-order valence-corrected chi connectivity index (χ1v) is 10.0. The van der Waals surface area contributed by atoms with Crippen molar-refractivity contribution in [1.82, 2.24) is 19.5 Å². The van der Waals surface area contributed by atoms with Crippen LogP contribution in [0, 0.1) is 0 Å². The normalized spacial score (nSPS) is 21.4. The minimum absolute atomic E-state index is 0.0560. The number of hydrogen-bond acceptors (Lipinski definition) is 6. The molecular weight excluding hydrogens is 336 g/mol. The number of hydrogen-bond donors (Lipinski definition) is 0. The Labute approximate surface area is 139 Å². The summed E-state index contributed by atoms with van der Waals surface area (Å²) in [5.41, 5.74) is 0.727. The lowest BCUT2D eigenvalue weighted by atomic mass is 10.2. The first-order chi connectivity index (χ1) is 10.9. The Kier molecular flexibility index (Phi) is 4.33. The van der Waals surface area contributed by atoms with Crippen molar-refractivity contribution in [2.75, 3.05) is 18.6 Å². The van der Waals surface area contributed by atoms with Crippen molar-refractivity contribution in [2.24, 2.45) is 0 Å². The van der Waals surface area contributed by atoms with E-state index in [0.29, 0.717) is 11.6 Å². The number of nitrogens with zero attached hydrogens (tertiary/aromatic N) is 4. The third kappa shape index (κ3) is 3.35. The van der Waals surface area contributed by atoms with Crippen LogP contribution in [0.4, 0.5) is 0 Å². The fourth-order valence-corrected chi connectivity index (χ4v) is 5.37. The summed E-state index contributed by atoms with van der Waals surface area (Å²) < 4.78 is 25.0. The fraction of sp³-hybridized carbons (Fsp3) is 0.500. The number of thioether (sulfide) groups is 1. The molecule has 2 atom stereocenters. The van der Waals surface area contributed by atoms with Crippen LogP contribution in [0.3, 0.4) is 0 Å². The van der Waals surface area contributed by atoms with Gasteiger partial charge in [-0.05, 0) is 25.5 Å². The van der Waals surface area contributed by atoms with Gasteiger partial charge in [0.05, 0.1) is 16.8 Å². The van der Waals surface area contributed by atoms with Gasteiger partial charge in [-0.1, -0.05) is 17.8 Å². The van der Waals surface area contributed by atoms with E-state index in [1.165, 1.54) is 11.8 Å². The summed E-state index contributed by atoms with van der Waals surface area (Å²) in [7, 11) is -1.33. The van der Waals surface area contributed by atoms with Gasteiger partial charge in [-0.3, -0.25) is 9.20 Å². The summed E-state index contributed by atoms with van der Waals surface area (Å²) in [5, 5.41) is 8.45. The summed E-state index contributed by atoms with van der Waals surface area (Å²) in [6.07, 6.45) is 2.36. The van der Waals surface area contributed by atoms with Gasteiger partial charge in [0.25, 0.3) is 0 Å². The van der Waals surface area contributed by atoms with Crippen molar-refractivity contribution in [3.05, 3.63) is 24.4 Å².